The van der Waals surface area contributed by atoms with Gasteiger partial charge >= 0.3 is 12.3 Å². The number of halogens is 3. The van der Waals surface area contributed by atoms with E-state index in [0.717, 1.165) is 12.1 Å². The molecule has 3 heterocycles. The van der Waals surface area contributed by atoms with Crippen molar-refractivity contribution in [3.05, 3.63) is 58.6 Å². The fraction of sp³-hybridized carbons (Fsp3) is 0.167. The largest absolute Gasteiger partial charge is 0.573 e. The van der Waals surface area contributed by atoms with Crippen LogP contribution in [0.4, 0.5) is 13.2 Å². The number of alkyl halides is 3. The van der Waals surface area contributed by atoms with Crippen molar-refractivity contribution in [3.63, 3.8) is 0 Å². The number of hydrogen-bond donors (Lipinski definition) is 0. The van der Waals surface area contributed by atoms with E-state index in [1.54, 1.807) is 6.92 Å². The van der Waals surface area contributed by atoms with Crippen molar-refractivity contribution in [2.45, 2.75) is 13.3 Å². The molecule has 3 aromatic heterocycles. The number of nitrogens with zero attached hydrogens (tertiary/aromatic N) is 5. The highest BCUT2D eigenvalue weighted by Gasteiger charge is 2.31. The predicted molar refractivity (Wildman–Crippen MR) is 96.5 cm³/mol. The molecule has 0 aliphatic heterocycles. The Hall–Kier alpha value is -3.96. The van der Waals surface area contributed by atoms with E-state index >= 15 is 0 Å². The highest BCUT2D eigenvalue weighted by molar-refractivity contribution is 5.96. The van der Waals surface area contributed by atoms with Crippen molar-refractivity contribution in [2.75, 3.05) is 6.61 Å². The lowest BCUT2D eigenvalue weighted by molar-refractivity contribution is -0.274. The van der Waals surface area contributed by atoms with Crippen LogP contribution in [0, 0.1) is 0 Å². The molecule has 0 atom stereocenters. The van der Waals surface area contributed by atoms with Gasteiger partial charge in [-0.1, -0.05) is 0 Å². The molecule has 0 N–H and O–H groups in total. The molecule has 0 spiro atoms. The van der Waals surface area contributed by atoms with Crippen LogP contribution >= 0.6 is 0 Å². The summed E-state index contributed by atoms with van der Waals surface area (Å²) in [6.07, 6.45) is -2.13. The lowest BCUT2D eigenvalue weighted by atomic mass is 10.3. The van der Waals surface area contributed by atoms with E-state index in [1.807, 2.05) is 0 Å². The van der Waals surface area contributed by atoms with Crippen LogP contribution in [0.5, 0.6) is 5.75 Å². The molecule has 9 nitrogen and oxygen atoms in total. The second-order valence-electron chi connectivity index (χ2n) is 5.98. The zero-order valence-electron chi connectivity index (χ0n) is 15.3. The van der Waals surface area contributed by atoms with Crippen LogP contribution in [0.3, 0.4) is 0 Å². The van der Waals surface area contributed by atoms with Crippen molar-refractivity contribution in [1.82, 2.24) is 24.4 Å². The van der Waals surface area contributed by atoms with Crippen LogP contribution in [0.25, 0.3) is 22.4 Å². The van der Waals surface area contributed by atoms with Gasteiger partial charge in [0.25, 0.3) is 5.56 Å². The fourth-order valence-electron chi connectivity index (χ4n) is 2.86. The molecule has 0 radical (unpaired) electrons. The maximum absolute atomic E-state index is 12.8. The summed E-state index contributed by atoms with van der Waals surface area (Å²) < 4.78 is 48.1. The quantitative estimate of drug-likeness (QED) is 0.469. The Morgan fingerprint density at radius 2 is 1.87 bits per heavy atom. The third-order valence-corrected chi connectivity index (χ3v) is 4.11. The number of aromatic nitrogens is 5. The number of hydrogen-bond acceptors (Lipinski definition) is 7. The third kappa shape index (κ3) is 3.43. The molecule has 0 fully saturated rings. The first-order valence-electron chi connectivity index (χ1n) is 8.57. The van der Waals surface area contributed by atoms with Crippen LogP contribution in [-0.2, 0) is 4.74 Å². The first-order chi connectivity index (χ1) is 14.3. The van der Waals surface area contributed by atoms with Crippen LogP contribution in [0.15, 0.2) is 47.5 Å². The lowest BCUT2D eigenvalue weighted by Gasteiger charge is -2.10. The maximum Gasteiger partial charge on any atom is 0.573 e. The Kier molecular flexibility index (Phi) is 4.60. The molecular weight excluding hydrogens is 407 g/mol. The maximum atomic E-state index is 12.8. The van der Waals surface area contributed by atoms with Crippen molar-refractivity contribution in [2.24, 2.45) is 0 Å². The first-order valence-corrected chi connectivity index (χ1v) is 8.57. The summed E-state index contributed by atoms with van der Waals surface area (Å²) in [5.74, 6) is -1.03. The highest BCUT2D eigenvalue weighted by Crippen LogP contribution is 2.23. The molecule has 30 heavy (non-hydrogen) atoms. The molecule has 154 valence electrons. The van der Waals surface area contributed by atoms with Gasteiger partial charge in [0.15, 0.2) is 11.2 Å². The van der Waals surface area contributed by atoms with Gasteiger partial charge < -0.3 is 9.47 Å². The molecule has 0 saturated heterocycles. The molecule has 0 unspecified atom stereocenters. The second-order valence-corrected chi connectivity index (χ2v) is 5.98. The minimum Gasteiger partial charge on any atom is -0.462 e. The first kappa shape index (κ1) is 19.4. The fourth-order valence-corrected chi connectivity index (χ4v) is 2.86. The summed E-state index contributed by atoms with van der Waals surface area (Å²) in [7, 11) is 0. The normalized spacial score (nSPS) is 11.7. The zero-order chi connectivity index (χ0) is 21.5. The van der Waals surface area contributed by atoms with Crippen LogP contribution in [0.2, 0.25) is 0 Å². The van der Waals surface area contributed by atoms with Gasteiger partial charge in [-0.3, -0.25) is 9.36 Å². The van der Waals surface area contributed by atoms with E-state index in [0.29, 0.717) is 11.2 Å². The number of esters is 1. The Morgan fingerprint density at radius 3 is 2.53 bits per heavy atom. The van der Waals surface area contributed by atoms with Crippen molar-refractivity contribution < 1.29 is 27.4 Å². The van der Waals surface area contributed by atoms with Crippen LogP contribution in [-0.4, -0.2) is 43.3 Å². The van der Waals surface area contributed by atoms with E-state index in [-0.39, 0.29) is 23.3 Å². The van der Waals surface area contributed by atoms with E-state index < -0.39 is 23.6 Å². The topological polar surface area (TPSA) is 101 Å². The van der Waals surface area contributed by atoms with Crippen molar-refractivity contribution in [3.8, 4) is 11.4 Å². The predicted octanol–water partition coefficient (Wildman–Crippen LogP) is 2.50. The number of pyridine rings is 1. The van der Waals surface area contributed by atoms with Gasteiger partial charge in [0.2, 0.25) is 0 Å². The summed E-state index contributed by atoms with van der Waals surface area (Å²) in [6.45, 7) is 1.84. The zero-order valence-corrected chi connectivity index (χ0v) is 15.3. The summed E-state index contributed by atoms with van der Waals surface area (Å²) in [6, 6.07) is 6.31. The minimum atomic E-state index is -4.81. The van der Waals surface area contributed by atoms with Crippen LogP contribution < -0.4 is 10.3 Å². The van der Waals surface area contributed by atoms with Gasteiger partial charge in [-0.15, -0.1) is 23.4 Å². The number of rotatable bonds is 4. The van der Waals surface area contributed by atoms with E-state index in [2.05, 4.69) is 20.0 Å². The molecule has 0 aliphatic rings. The molecule has 1 aromatic carbocycles. The minimum absolute atomic E-state index is 0.0425. The molecule has 0 saturated carbocycles. The van der Waals surface area contributed by atoms with Gasteiger partial charge in [0.05, 0.1) is 12.8 Å². The van der Waals surface area contributed by atoms with Crippen molar-refractivity contribution >= 4 is 22.6 Å². The number of fused-ring (bicyclic) bond motifs is 3. The van der Waals surface area contributed by atoms with Gasteiger partial charge in [-0.05, 0) is 37.3 Å². The molecule has 0 amide bonds. The Bertz CT molecular complexity index is 1310. The molecule has 0 aliphatic carbocycles. The SMILES string of the molecule is CCOC(=O)c1cnn2c1nnc1c(=O)n(-c3ccc(OC(F)(F)F)cc3)ccc12. The number of ether oxygens (including phenoxy) is 2. The second kappa shape index (κ2) is 7.13. The standard InChI is InChI=1S/C18H12F3N5O4/c1-2-29-17(28)12-9-22-26-13-7-8-25(16(27)14(13)23-24-15(12)26)10-3-5-11(6-4-10)30-18(19,20)21/h3-9H,2H2,1H3. The van der Waals surface area contributed by atoms with Gasteiger partial charge in [-0.25, -0.2) is 9.31 Å². The Balaban J connectivity index is 1.77. The monoisotopic (exact) mass is 419 g/mol. The summed E-state index contributed by atoms with van der Waals surface area (Å²) >= 11 is 0. The smallest absolute Gasteiger partial charge is 0.462 e. The molecule has 12 heteroatoms. The van der Waals surface area contributed by atoms with Gasteiger partial charge in [0.1, 0.15) is 16.8 Å². The molecule has 4 aromatic rings. The van der Waals surface area contributed by atoms with Crippen LogP contribution in [0.1, 0.15) is 17.3 Å². The number of carbonyl (C=O) groups is 1. The van der Waals surface area contributed by atoms with E-state index in [4.69, 9.17) is 4.74 Å². The molecule has 0 bridgehead atoms. The van der Waals surface area contributed by atoms with E-state index in [9.17, 15) is 22.8 Å². The summed E-state index contributed by atoms with van der Waals surface area (Å²) in [4.78, 5) is 24.8. The van der Waals surface area contributed by atoms with E-state index in [1.165, 1.54) is 39.7 Å². The Morgan fingerprint density at radius 1 is 1.13 bits per heavy atom. The number of benzene rings is 1. The molecule has 4 rings (SSSR count). The average molecular weight is 419 g/mol. The molecular formula is C18H12F3N5O4. The van der Waals surface area contributed by atoms with Gasteiger partial charge in [-0.2, -0.15) is 5.10 Å². The van der Waals surface area contributed by atoms with Crippen molar-refractivity contribution in [1.29, 1.82) is 0 Å². The average Bonchev–Trinajstić information content (AvgIpc) is 3.13. The number of carbonyl (C=O) groups excluding carboxylic acids is 1. The summed E-state index contributed by atoms with van der Waals surface area (Å²) in [5.41, 5.74) is 0.223. The lowest BCUT2D eigenvalue weighted by Crippen LogP contribution is -2.20. The van der Waals surface area contributed by atoms with Gasteiger partial charge in [0, 0.05) is 11.9 Å². The third-order valence-electron chi connectivity index (χ3n) is 4.11. The summed E-state index contributed by atoms with van der Waals surface area (Å²) in [5, 5.41) is 11.9. The highest BCUT2D eigenvalue weighted by atomic mass is 19.4. The Labute approximate surface area is 165 Å².